The number of aromatic nitrogens is 1. The molecule has 3 atom stereocenters. The Morgan fingerprint density at radius 3 is 3.08 bits per heavy atom. The van der Waals surface area contributed by atoms with Crippen LogP contribution in [0.25, 0.3) is 10.9 Å². The largest absolute Gasteiger partial charge is 0.361 e. The van der Waals surface area contributed by atoms with Crippen LogP contribution in [0.2, 0.25) is 0 Å². The van der Waals surface area contributed by atoms with E-state index in [0.717, 1.165) is 25.9 Å². The van der Waals surface area contributed by atoms with Crippen molar-refractivity contribution in [3.63, 3.8) is 0 Å². The minimum atomic E-state index is 0.0258. The highest BCUT2D eigenvalue weighted by Crippen LogP contribution is 2.45. The van der Waals surface area contributed by atoms with E-state index in [1.54, 1.807) is 0 Å². The standard InChI is InChI=1S/C20H26N2OS/c1-2-8-22-12-13(6-7-19(23)24)9-16-15-4-3-5-17-20(15)14(11-21-17)10-18(16)22/h3-5,11,13,16,18,21H,2,6-10,12H2,1H3,(H,23,24)/t13-,16-,18-/m1/s1. The summed E-state index contributed by atoms with van der Waals surface area (Å²) in [4.78, 5) is 17.5. The van der Waals surface area contributed by atoms with Crippen LogP contribution in [0.3, 0.4) is 0 Å². The van der Waals surface area contributed by atoms with Crippen molar-refractivity contribution in [2.45, 2.75) is 51.0 Å². The smallest absolute Gasteiger partial charge is 0.185 e. The number of fused-ring (bicyclic) bond motifs is 2. The van der Waals surface area contributed by atoms with Crippen LogP contribution >= 0.6 is 12.6 Å². The highest BCUT2D eigenvalue weighted by atomic mass is 32.1. The number of nitrogens with one attached hydrogen (secondary N) is 1. The molecule has 2 aromatic rings. The quantitative estimate of drug-likeness (QED) is 0.801. The summed E-state index contributed by atoms with van der Waals surface area (Å²) in [5, 5.41) is 1.49. The number of H-pyrrole nitrogens is 1. The molecule has 0 bridgehead atoms. The van der Waals surface area contributed by atoms with E-state index in [1.165, 1.54) is 34.9 Å². The van der Waals surface area contributed by atoms with Crippen LogP contribution < -0.4 is 0 Å². The number of carbonyl (C=O) groups excluding carboxylic acids is 1. The number of piperidine rings is 1. The van der Waals surface area contributed by atoms with Gasteiger partial charge in [0.2, 0.25) is 0 Å². The molecule has 1 fully saturated rings. The van der Waals surface area contributed by atoms with Gasteiger partial charge in [0.25, 0.3) is 0 Å². The zero-order valence-corrected chi connectivity index (χ0v) is 15.2. The van der Waals surface area contributed by atoms with Crippen LogP contribution in [-0.2, 0) is 11.2 Å². The molecule has 1 N–H and O–H groups in total. The number of hydrogen-bond acceptors (Lipinski definition) is 2. The van der Waals surface area contributed by atoms with Crippen molar-refractivity contribution in [2.24, 2.45) is 5.92 Å². The molecule has 4 heteroatoms. The number of likely N-dealkylation sites (tertiary alicyclic amines) is 1. The molecule has 2 aliphatic rings. The van der Waals surface area contributed by atoms with Gasteiger partial charge in [-0.05, 0) is 55.3 Å². The normalized spacial score (nSPS) is 26.5. The minimum absolute atomic E-state index is 0.0258. The Kier molecular flexibility index (Phi) is 4.44. The van der Waals surface area contributed by atoms with Crippen molar-refractivity contribution in [2.75, 3.05) is 13.1 Å². The zero-order chi connectivity index (χ0) is 16.7. The summed E-state index contributed by atoms with van der Waals surface area (Å²) in [6, 6.07) is 7.31. The Bertz CT molecular complexity index is 753. The van der Waals surface area contributed by atoms with Crippen molar-refractivity contribution in [3.8, 4) is 0 Å². The summed E-state index contributed by atoms with van der Waals surface area (Å²) >= 11 is 3.96. The highest BCUT2D eigenvalue weighted by Gasteiger charge is 2.40. The third kappa shape index (κ3) is 2.80. The number of thiol groups is 1. The number of hydrogen-bond donors (Lipinski definition) is 2. The van der Waals surface area contributed by atoms with Crippen molar-refractivity contribution in [1.29, 1.82) is 0 Å². The van der Waals surface area contributed by atoms with Gasteiger partial charge in [-0.15, -0.1) is 12.6 Å². The highest BCUT2D eigenvalue weighted by molar-refractivity contribution is 7.96. The van der Waals surface area contributed by atoms with Gasteiger partial charge >= 0.3 is 0 Å². The molecule has 3 nitrogen and oxygen atoms in total. The summed E-state index contributed by atoms with van der Waals surface area (Å²) in [7, 11) is 0. The Labute approximate surface area is 149 Å². The molecule has 128 valence electrons. The van der Waals surface area contributed by atoms with E-state index in [4.69, 9.17) is 0 Å². The average Bonchev–Trinajstić information content (AvgIpc) is 2.99. The second-order valence-corrected chi connectivity index (χ2v) is 7.99. The molecule has 0 amide bonds. The average molecular weight is 343 g/mol. The van der Waals surface area contributed by atoms with E-state index in [2.05, 4.69) is 53.8 Å². The van der Waals surface area contributed by atoms with Gasteiger partial charge in [-0.3, -0.25) is 9.69 Å². The fourth-order valence-corrected chi connectivity index (χ4v) is 5.11. The zero-order valence-electron chi connectivity index (χ0n) is 14.3. The van der Waals surface area contributed by atoms with Crippen molar-refractivity contribution in [3.05, 3.63) is 35.5 Å². The molecule has 0 saturated carbocycles. The number of aromatic amines is 1. The molecule has 0 unspecified atom stereocenters. The summed E-state index contributed by atoms with van der Waals surface area (Å²) in [5.74, 6) is 1.20. The van der Waals surface area contributed by atoms with Crippen molar-refractivity contribution < 1.29 is 4.79 Å². The monoisotopic (exact) mass is 342 g/mol. The van der Waals surface area contributed by atoms with Crippen LogP contribution in [0.4, 0.5) is 0 Å². The molecule has 1 aliphatic heterocycles. The maximum absolute atomic E-state index is 11.3. The maximum Gasteiger partial charge on any atom is 0.185 e. The Hall–Kier alpha value is -1.26. The van der Waals surface area contributed by atoms with Gasteiger partial charge < -0.3 is 4.98 Å². The van der Waals surface area contributed by atoms with E-state index in [1.807, 2.05) is 0 Å². The molecule has 1 aliphatic carbocycles. The topological polar surface area (TPSA) is 36.1 Å². The van der Waals surface area contributed by atoms with Crippen molar-refractivity contribution >= 4 is 28.6 Å². The van der Waals surface area contributed by atoms with E-state index in [9.17, 15) is 4.79 Å². The molecular weight excluding hydrogens is 316 g/mol. The van der Waals surface area contributed by atoms with Gasteiger partial charge in [0.15, 0.2) is 5.12 Å². The molecule has 0 spiro atoms. The first kappa shape index (κ1) is 16.2. The molecule has 1 aromatic heterocycles. The van der Waals surface area contributed by atoms with Crippen LogP contribution in [0, 0.1) is 5.92 Å². The first-order valence-corrected chi connectivity index (χ1v) is 9.66. The van der Waals surface area contributed by atoms with Crippen LogP contribution in [0.5, 0.6) is 0 Å². The lowest BCUT2D eigenvalue weighted by atomic mass is 9.71. The molecule has 1 saturated heterocycles. The van der Waals surface area contributed by atoms with Gasteiger partial charge in [-0.1, -0.05) is 19.1 Å². The number of nitrogens with zero attached hydrogens (tertiary/aromatic N) is 1. The van der Waals surface area contributed by atoms with Gasteiger partial charge in [-0.2, -0.15) is 0 Å². The third-order valence-electron chi connectivity index (χ3n) is 5.94. The summed E-state index contributed by atoms with van der Waals surface area (Å²) in [6.45, 7) is 4.55. The van der Waals surface area contributed by atoms with Crippen LogP contribution in [0.15, 0.2) is 24.4 Å². The summed E-state index contributed by atoms with van der Waals surface area (Å²) < 4.78 is 0. The number of rotatable bonds is 5. The number of benzene rings is 1. The van der Waals surface area contributed by atoms with E-state index in [-0.39, 0.29) is 5.12 Å². The minimum Gasteiger partial charge on any atom is -0.361 e. The van der Waals surface area contributed by atoms with Crippen molar-refractivity contribution in [1.82, 2.24) is 9.88 Å². The second-order valence-electron chi connectivity index (χ2n) is 7.49. The predicted octanol–water partition coefficient (Wildman–Crippen LogP) is 4.14. The van der Waals surface area contributed by atoms with Gasteiger partial charge in [-0.25, -0.2) is 0 Å². The molecule has 1 aromatic carbocycles. The lowest BCUT2D eigenvalue weighted by molar-refractivity contribution is -0.111. The fraction of sp³-hybridized carbons (Fsp3) is 0.550. The molecule has 4 rings (SSSR count). The predicted molar refractivity (Wildman–Crippen MR) is 102 cm³/mol. The fourth-order valence-electron chi connectivity index (χ4n) is 4.98. The number of carbonyl (C=O) groups is 1. The Morgan fingerprint density at radius 2 is 2.29 bits per heavy atom. The maximum atomic E-state index is 11.3. The summed E-state index contributed by atoms with van der Waals surface area (Å²) in [5.41, 5.74) is 4.27. The first-order valence-electron chi connectivity index (χ1n) is 9.22. The van der Waals surface area contributed by atoms with E-state index in [0.29, 0.717) is 24.3 Å². The lowest BCUT2D eigenvalue weighted by Crippen LogP contribution is -2.50. The van der Waals surface area contributed by atoms with Gasteiger partial charge in [0.05, 0.1) is 0 Å². The van der Waals surface area contributed by atoms with Crippen LogP contribution in [-0.4, -0.2) is 34.1 Å². The summed E-state index contributed by atoms with van der Waals surface area (Å²) in [6.07, 6.45) is 7.33. The van der Waals surface area contributed by atoms with Gasteiger partial charge in [0.1, 0.15) is 0 Å². The third-order valence-corrected chi connectivity index (χ3v) is 6.16. The molecule has 24 heavy (non-hydrogen) atoms. The SMILES string of the molecule is CCCN1C[C@H](CCC(=O)S)C[C@@H]2c3cccc4[nH]cc(c34)C[C@H]21. The Balaban J connectivity index is 1.68. The van der Waals surface area contributed by atoms with Gasteiger partial charge in [0, 0.05) is 42.0 Å². The molecular formula is C20H26N2OS. The lowest BCUT2D eigenvalue weighted by Gasteiger charge is -2.47. The van der Waals surface area contributed by atoms with E-state index >= 15 is 0 Å². The molecule has 0 radical (unpaired) electrons. The Morgan fingerprint density at radius 1 is 1.42 bits per heavy atom. The van der Waals surface area contributed by atoms with Crippen LogP contribution in [0.1, 0.15) is 49.7 Å². The second kappa shape index (κ2) is 6.57. The molecule has 2 heterocycles. The van der Waals surface area contributed by atoms with E-state index < -0.39 is 0 Å². The first-order chi connectivity index (χ1) is 11.7.